The lowest BCUT2D eigenvalue weighted by Gasteiger charge is -2.00. The Bertz CT molecular complexity index is 110. The van der Waals surface area contributed by atoms with Gasteiger partial charge in [0.25, 0.3) is 0 Å². The maximum atomic E-state index is 11.2. The van der Waals surface area contributed by atoms with Gasteiger partial charge >= 0.3 is 12.1 Å². The molecule has 0 saturated heterocycles. The van der Waals surface area contributed by atoms with Gasteiger partial charge in [0.15, 0.2) is 23.0 Å². The number of hydrogen-bond acceptors (Lipinski definition) is 2. The van der Waals surface area contributed by atoms with E-state index in [1.54, 1.807) is 0 Å². The highest BCUT2D eigenvalue weighted by Gasteiger charge is 2.31. The molecule has 0 spiro atoms. The molecule has 0 radical (unpaired) electrons. The molecule has 0 bridgehead atoms. The van der Waals surface area contributed by atoms with Gasteiger partial charge in [-0.3, -0.25) is 4.79 Å². The molecule has 0 aromatic rings. The smallest absolute Gasteiger partial charge is 0.394 e. The molecule has 0 heterocycles. The summed E-state index contributed by atoms with van der Waals surface area (Å²) in [5, 5.41) is 0. The lowest BCUT2D eigenvalue weighted by molar-refractivity contribution is -0.161. The summed E-state index contributed by atoms with van der Waals surface area (Å²) < 4.78 is 37.3. The molecular formula is C3H2F3IO2. The van der Waals surface area contributed by atoms with Crippen LogP contribution >= 0.6 is 23.0 Å². The van der Waals surface area contributed by atoms with Gasteiger partial charge in [0.2, 0.25) is 0 Å². The summed E-state index contributed by atoms with van der Waals surface area (Å²) in [5.74, 6) is -1.27. The minimum absolute atomic E-state index is 1.10. The standard InChI is InChI=1S/C3H2F3IO2/c4-3(5,6)1-2(8)9-7/h1H2. The van der Waals surface area contributed by atoms with Crippen molar-refractivity contribution in [1.29, 1.82) is 0 Å². The molecule has 0 atom stereocenters. The molecule has 9 heavy (non-hydrogen) atoms. The Morgan fingerprint density at radius 1 is 1.56 bits per heavy atom. The van der Waals surface area contributed by atoms with E-state index in [4.69, 9.17) is 0 Å². The summed E-state index contributed by atoms with van der Waals surface area (Å²) >= 11 is 1.10. The van der Waals surface area contributed by atoms with Crippen LogP contribution in [0.2, 0.25) is 0 Å². The predicted molar refractivity (Wildman–Crippen MR) is 30.8 cm³/mol. The van der Waals surface area contributed by atoms with Gasteiger partial charge in [-0.2, -0.15) is 13.2 Å². The quantitative estimate of drug-likeness (QED) is 0.667. The lowest BCUT2D eigenvalue weighted by Crippen LogP contribution is -2.14. The maximum absolute atomic E-state index is 11.2. The second-order valence-corrected chi connectivity index (χ2v) is 1.68. The van der Waals surface area contributed by atoms with Crippen molar-refractivity contribution >= 4 is 29.0 Å². The van der Waals surface area contributed by atoms with Crippen LogP contribution in [0.3, 0.4) is 0 Å². The Morgan fingerprint density at radius 2 is 2.00 bits per heavy atom. The average molecular weight is 254 g/mol. The Hall–Kier alpha value is -0.0100. The summed E-state index contributed by atoms with van der Waals surface area (Å²) in [6.07, 6.45) is -5.97. The minimum atomic E-state index is -4.46. The first-order valence-corrected chi connectivity index (χ1v) is 2.72. The van der Waals surface area contributed by atoms with Crippen LogP contribution in [0.1, 0.15) is 6.42 Å². The van der Waals surface area contributed by atoms with Crippen molar-refractivity contribution in [3.63, 3.8) is 0 Å². The average Bonchev–Trinajstić information content (AvgIpc) is 1.62. The van der Waals surface area contributed by atoms with Crippen LogP contribution in [0, 0.1) is 0 Å². The summed E-state index contributed by atoms with van der Waals surface area (Å²) in [4.78, 5) is 9.88. The van der Waals surface area contributed by atoms with E-state index in [1.807, 2.05) is 0 Å². The highest BCUT2D eigenvalue weighted by Crippen LogP contribution is 2.20. The molecule has 0 amide bonds. The molecule has 0 unspecified atom stereocenters. The van der Waals surface area contributed by atoms with Crippen LogP contribution in [0.25, 0.3) is 0 Å². The number of rotatable bonds is 1. The summed E-state index contributed by atoms with van der Waals surface area (Å²) in [6.45, 7) is 0. The molecule has 0 aliphatic heterocycles. The third-order valence-corrected chi connectivity index (χ3v) is 0.922. The number of alkyl halides is 3. The number of carbonyl (C=O) groups is 1. The molecule has 0 N–H and O–H groups in total. The zero-order valence-electron chi connectivity index (χ0n) is 4.04. The highest BCUT2D eigenvalue weighted by molar-refractivity contribution is 14.1. The van der Waals surface area contributed by atoms with Gasteiger partial charge < -0.3 is 3.07 Å². The number of hydrogen-bond donors (Lipinski definition) is 0. The van der Waals surface area contributed by atoms with Gasteiger partial charge in [0, 0.05) is 0 Å². The van der Waals surface area contributed by atoms with E-state index in [-0.39, 0.29) is 0 Å². The van der Waals surface area contributed by atoms with Crippen molar-refractivity contribution in [2.24, 2.45) is 0 Å². The van der Waals surface area contributed by atoms with Crippen LogP contribution in [-0.2, 0) is 7.86 Å². The van der Waals surface area contributed by atoms with E-state index in [0.29, 0.717) is 0 Å². The van der Waals surface area contributed by atoms with E-state index in [0.717, 1.165) is 23.0 Å². The largest absolute Gasteiger partial charge is 0.399 e. The van der Waals surface area contributed by atoms with Crippen LogP contribution in [0.5, 0.6) is 0 Å². The molecule has 0 aliphatic rings. The zero-order valence-corrected chi connectivity index (χ0v) is 6.19. The van der Waals surface area contributed by atoms with Crippen molar-refractivity contribution in [1.82, 2.24) is 0 Å². The van der Waals surface area contributed by atoms with Gasteiger partial charge in [-0.1, -0.05) is 0 Å². The third-order valence-electron chi connectivity index (χ3n) is 0.431. The fraction of sp³-hybridized carbons (Fsp3) is 0.667. The molecule has 0 aliphatic carbocycles. The molecule has 0 aromatic heterocycles. The predicted octanol–water partition coefficient (Wildman–Crippen LogP) is 1.83. The Morgan fingerprint density at radius 3 is 2.11 bits per heavy atom. The van der Waals surface area contributed by atoms with E-state index >= 15 is 0 Å². The van der Waals surface area contributed by atoms with E-state index in [2.05, 4.69) is 3.07 Å². The summed E-state index contributed by atoms with van der Waals surface area (Å²) in [5.41, 5.74) is 0. The topological polar surface area (TPSA) is 26.3 Å². The van der Waals surface area contributed by atoms with Crippen LogP contribution in [0.15, 0.2) is 0 Å². The Kier molecular flexibility index (Phi) is 3.23. The van der Waals surface area contributed by atoms with E-state index in [9.17, 15) is 18.0 Å². The second kappa shape index (κ2) is 3.23. The molecule has 0 aromatic carbocycles. The highest BCUT2D eigenvalue weighted by atomic mass is 127. The van der Waals surface area contributed by atoms with Crippen LogP contribution < -0.4 is 0 Å². The molecule has 54 valence electrons. The van der Waals surface area contributed by atoms with Crippen LogP contribution in [-0.4, -0.2) is 12.1 Å². The molecule has 2 nitrogen and oxygen atoms in total. The summed E-state index contributed by atoms with van der Waals surface area (Å²) in [7, 11) is 0. The number of carbonyl (C=O) groups excluding carboxylic acids is 1. The first-order valence-electron chi connectivity index (χ1n) is 1.84. The van der Waals surface area contributed by atoms with Gasteiger partial charge in [-0.05, 0) is 0 Å². The first kappa shape index (κ1) is 8.99. The summed E-state index contributed by atoms with van der Waals surface area (Å²) in [6, 6.07) is 0. The first-order chi connectivity index (χ1) is 3.95. The molecule has 0 rings (SSSR count). The fourth-order valence-electron chi connectivity index (χ4n) is 0.191. The fourth-order valence-corrected chi connectivity index (χ4v) is 0.347. The molecular weight excluding hydrogens is 252 g/mol. The maximum Gasteiger partial charge on any atom is 0.399 e. The molecule has 6 heteroatoms. The SMILES string of the molecule is O=C(CC(F)(F)F)OI. The van der Waals surface area contributed by atoms with Gasteiger partial charge in [0.1, 0.15) is 6.42 Å². The van der Waals surface area contributed by atoms with Crippen molar-refractivity contribution < 1.29 is 21.0 Å². The van der Waals surface area contributed by atoms with Gasteiger partial charge in [-0.25, -0.2) is 0 Å². The normalized spacial score (nSPS) is 11.1. The Balaban J connectivity index is 3.60. The second-order valence-electron chi connectivity index (χ2n) is 1.24. The Labute approximate surface area is 63.1 Å². The monoisotopic (exact) mass is 254 g/mol. The van der Waals surface area contributed by atoms with Crippen molar-refractivity contribution in [2.75, 3.05) is 0 Å². The lowest BCUT2D eigenvalue weighted by atomic mass is 10.4. The molecule has 0 fully saturated rings. The van der Waals surface area contributed by atoms with E-state index < -0.39 is 18.6 Å². The minimum Gasteiger partial charge on any atom is -0.394 e. The van der Waals surface area contributed by atoms with Crippen molar-refractivity contribution in [3.05, 3.63) is 0 Å². The van der Waals surface area contributed by atoms with Gasteiger partial charge in [0.05, 0.1) is 0 Å². The van der Waals surface area contributed by atoms with Crippen molar-refractivity contribution in [2.45, 2.75) is 12.6 Å². The van der Waals surface area contributed by atoms with Crippen molar-refractivity contribution in [3.8, 4) is 0 Å². The molecule has 0 saturated carbocycles. The zero-order chi connectivity index (χ0) is 7.49. The number of halogens is 4. The van der Waals surface area contributed by atoms with E-state index in [1.165, 1.54) is 0 Å². The third kappa shape index (κ3) is 5.87. The van der Waals surface area contributed by atoms with Gasteiger partial charge in [-0.15, -0.1) is 0 Å². The van der Waals surface area contributed by atoms with Crippen LogP contribution in [0.4, 0.5) is 13.2 Å².